The normalized spacial score (nSPS) is 23.0. The van der Waals surface area contributed by atoms with E-state index in [4.69, 9.17) is 0 Å². The van der Waals surface area contributed by atoms with Crippen molar-refractivity contribution in [3.8, 4) is 0 Å². The van der Waals surface area contributed by atoms with E-state index < -0.39 is 10.0 Å². The van der Waals surface area contributed by atoms with Crippen LogP contribution in [0.3, 0.4) is 0 Å². The van der Waals surface area contributed by atoms with Gasteiger partial charge >= 0.3 is 0 Å². The molecule has 178 valence electrons. The number of aryl methyl sites for hydroxylation is 1. The van der Waals surface area contributed by atoms with E-state index in [1.54, 1.807) is 13.8 Å². The Morgan fingerprint density at radius 2 is 1.53 bits per heavy atom. The van der Waals surface area contributed by atoms with Gasteiger partial charge in [0.25, 0.3) is 0 Å². The summed E-state index contributed by atoms with van der Waals surface area (Å²) in [6.45, 7) is 7.13. The van der Waals surface area contributed by atoms with Crippen LogP contribution in [-0.4, -0.2) is 83.4 Å². The number of piperidine rings is 2. The van der Waals surface area contributed by atoms with E-state index in [-0.39, 0.29) is 35.7 Å². The highest BCUT2D eigenvalue weighted by Gasteiger charge is 2.38. The molecule has 32 heavy (non-hydrogen) atoms. The van der Waals surface area contributed by atoms with E-state index in [2.05, 4.69) is 5.10 Å². The summed E-state index contributed by atoms with van der Waals surface area (Å²) in [5.74, 6) is -0.226. The Morgan fingerprint density at radius 1 is 0.906 bits per heavy atom. The molecular weight excluding hydrogens is 430 g/mol. The Labute approximate surface area is 190 Å². The Hall–Kier alpha value is -1.94. The molecule has 3 saturated heterocycles. The van der Waals surface area contributed by atoms with Crippen LogP contribution in [0.2, 0.25) is 0 Å². The number of hydrogen-bond acceptors (Lipinski definition) is 5. The van der Waals surface area contributed by atoms with Crippen LogP contribution in [0.25, 0.3) is 0 Å². The van der Waals surface area contributed by atoms with Gasteiger partial charge in [-0.3, -0.25) is 14.3 Å². The number of amides is 2. The average Bonchev–Trinajstić information content (AvgIpc) is 3.42. The van der Waals surface area contributed by atoms with Crippen LogP contribution in [0, 0.1) is 19.8 Å². The van der Waals surface area contributed by atoms with Crippen molar-refractivity contribution in [3.63, 3.8) is 0 Å². The van der Waals surface area contributed by atoms with E-state index >= 15 is 0 Å². The first-order chi connectivity index (χ1) is 15.3. The predicted octanol–water partition coefficient (Wildman–Crippen LogP) is 1.54. The highest BCUT2D eigenvalue weighted by Crippen LogP contribution is 2.29. The van der Waals surface area contributed by atoms with Crippen molar-refractivity contribution in [2.24, 2.45) is 5.92 Å². The first kappa shape index (κ1) is 23.2. The molecule has 4 rings (SSSR count). The maximum absolute atomic E-state index is 13.6. The molecule has 1 atom stereocenters. The molecule has 3 aliphatic rings. The first-order valence-electron chi connectivity index (χ1n) is 11.9. The zero-order chi connectivity index (χ0) is 22.9. The minimum atomic E-state index is -3.80. The maximum Gasteiger partial charge on any atom is 0.246 e. The molecule has 0 radical (unpaired) electrons. The summed E-state index contributed by atoms with van der Waals surface area (Å²) in [6.07, 6.45) is 6.61. The predicted molar refractivity (Wildman–Crippen MR) is 119 cm³/mol. The van der Waals surface area contributed by atoms with Gasteiger partial charge in [0, 0.05) is 39.3 Å². The number of rotatable bonds is 5. The standard InChI is InChI=1S/C22H35N5O4S/c1-17-21(18(2)27(23-17)16-20(28)24-10-6-7-11-24)32(30,31)26-14-8-9-19(15-26)22(29)25-12-4-3-5-13-25/h19H,3-16H2,1-2H3. The number of sulfonamides is 1. The van der Waals surface area contributed by atoms with Gasteiger partial charge < -0.3 is 9.80 Å². The van der Waals surface area contributed by atoms with Gasteiger partial charge in [-0.15, -0.1) is 0 Å². The molecule has 0 saturated carbocycles. The molecule has 0 aromatic carbocycles. The molecule has 0 bridgehead atoms. The lowest BCUT2D eigenvalue weighted by Crippen LogP contribution is -2.48. The second-order valence-corrected chi connectivity index (χ2v) is 11.2. The molecule has 1 unspecified atom stereocenters. The quantitative estimate of drug-likeness (QED) is 0.657. The van der Waals surface area contributed by atoms with Crippen molar-refractivity contribution >= 4 is 21.8 Å². The first-order valence-corrected chi connectivity index (χ1v) is 13.3. The van der Waals surface area contributed by atoms with Crippen molar-refractivity contribution < 1.29 is 18.0 Å². The number of likely N-dealkylation sites (tertiary alicyclic amines) is 2. The third-order valence-corrected chi connectivity index (χ3v) is 9.18. The van der Waals surface area contributed by atoms with Crippen LogP contribution in [0.1, 0.15) is 56.3 Å². The zero-order valence-corrected chi connectivity index (χ0v) is 20.1. The largest absolute Gasteiger partial charge is 0.342 e. The third-order valence-electron chi connectivity index (χ3n) is 7.06. The summed E-state index contributed by atoms with van der Waals surface area (Å²) in [4.78, 5) is 29.5. The fraction of sp³-hybridized carbons (Fsp3) is 0.773. The number of aromatic nitrogens is 2. The molecule has 3 aliphatic heterocycles. The molecule has 9 nitrogen and oxygen atoms in total. The van der Waals surface area contributed by atoms with Crippen molar-refractivity contribution in [3.05, 3.63) is 11.4 Å². The summed E-state index contributed by atoms with van der Waals surface area (Å²) in [6, 6.07) is 0. The fourth-order valence-electron chi connectivity index (χ4n) is 5.27. The third kappa shape index (κ3) is 4.57. The summed E-state index contributed by atoms with van der Waals surface area (Å²) < 4.78 is 30.1. The zero-order valence-electron chi connectivity index (χ0n) is 19.3. The van der Waals surface area contributed by atoms with E-state index in [1.807, 2.05) is 9.80 Å². The van der Waals surface area contributed by atoms with Crippen LogP contribution in [0.15, 0.2) is 4.90 Å². The van der Waals surface area contributed by atoms with E-state index in [9.17, 15) is 18.0 Å². The molecular formula is C22H35N5O4S. The summed E-state index contributed by atoms with van der Waals surface area (Å²) >= 11 is 0. The van der Waals surface area contributed by atoms with Gasteiger partial charge in [-0.25, -0.2) is 8.42 Å². The van der Waals surface area contributed by atoms with Crippen molar-refractivity contribution in [1.82, 2.24) is 23.9 Å². The lowest BCUT2D eigenvalue weighted by atomic mass is 9.97. The molecule has 0 spiro atoms. The van der Waals surface area contributed by atoms with E-state index in [0.29, 0.717) is 24.4 Å². The number of carbonyl (C=O) groups is 2. The van der Waals surface area contributed by atoms with Gasteiger partial charge in [0.2, 0.25) is 21.8 Å². The monoisotopic (exact) mass is 465 g/mol. The SMILES string of the molecule is Cc1nn(CC(=O)N2CCCC2)c(C)c1S(=O)(=O)N1CCCC(C(=O)N2CCCCC2)C1. The summed E-state index contributed by atoms with van der Waals surface area (Å²) in [5.41, 5.74) is 0.890. The average molecular weight is 466 g/mol. The Bertz CT molecular complexity index is 961. The Morgan fingerprint density at radius 3 is 2.22 bits per heavy atom. The van der Waals surface area contributed by atoms with E-state index in [1.165, 1.54) is 8.99 Å². The summed E-state index contributed by atoms with van der Waals surface area (Å²) in [5, 5.41) is 4.40. The molecule has 2 amide bonds. The summed E-state index contributed by atoms with van der Waals surface area (Å²) in [7, 11) is -3.80. The molecule has 10 heteroatoms. The Balaban J connectivity index is 1.50. The lowest BCUT2D eigenvalue weighted by molar-refractivity contribution is -0.137. The fourth-order valence-corrected chi connectivity index (χ4v) is 7.16. The Kier molecular flexibility index (Phi) is 6.90. The van der Waals surface area contributed by atoms with Crippen molar-refractivity contribution in [2.45, 2.75) is 70.2 Å². The van der Waals surface area contributed by atoms with Gasteiger partial charge in [-0.05, 0) is 58.8 Å². The molecule has 1 aromatic rings. The van der Waals surface area contributed by atoms with Crippen LogP contribution in [0.5, 0.6) is 0 Å². The topological polar surface area (TPSA) is 95.8 Å². The van der Waals surface area contributed by atoms with Gasteiger partial charge in [0.1, 0.15) is 11.4 Å². The van der Waals surface area contributed by atoms with Crippen LogP contribution < -0.4 is 0 Å². The van der Waals surface area contributed by atoms with Gasteiger partial charge in [-0.1, -0.05) is 0 Å². The number of nitrogens with zero attached hydrogens (tertiary/aromatic N) is 5. The van der Waals surface area contributed by atoms with E-state index in [0.717, 1.165) is 64.7 Å². The minimum absolute atomic E-state index is 0.0257. The maximum atomic E-state index is 13.6. The van der Waals surface area contributed by atoms with Crippen LogP contribution >= 0.6 is 0 Å². The van der Waals surface area contributed by atoms with Gasteiger partial charge in [-0.2, -0.15) is 9.40 Å². The second-order valence-electron chi connectivity index (χ2n) is 9.33. The van der Waals surface area contributed by atoms with Crippen molar-refractivity contribution in [1.29, 1.82) is 0 Å². The minimum Gasteiger partial charge on any atom is -0.342 e. The molecule has 0 N–H and O–H groups in total. The van der Waals surface area contributed by atoms with Crippen LogP contribution in [0.4, 0.5) is 0 Å². The van der Waals surface area contributed by atoms with Gasteiger partial charge in [0.05, 0.1) is 17.3 Å². The highest BCUT2D eigenvalue weighted by molar-refractivity contribution is 7.89. The number of hydrogen-bond donors (Lipinski definition) is 0. The smallest absolute Gasteiger partial charge is 0.246 e. The van der Waals surface area contributed by atoms with Crippen LogP contribution in [-0.2, 0) is 26.2 Å². The van der Waals surface area contributed by atoms with Gasteiger partial charge in [0.15, 0.2) is 0 Å². The molecule has 4 heterocycles. The second kappa shape index (κ2) is 9.51. The lowest BCUT2D eigenvalue weighted by Gasteiger charge is -2.35. The molecule has 0 aliphatic carbocycles. The van der Waals surface area contributed by atoms with Crippen molar-refractivity contribution in [2.75, 3.05) is 39.3 Å². The number of carbonyl (C=O) groups excluding carboxylic acids is 2. The molecule has 1 aromatic heterocycles. The molecule has 3 fully saturated rings. The highest BCUT2D eigenvalue weighted by atomic mass is 32.2.